The van der Waals surface area contributed by atoms with Crippen LogP contribution in [0.3, 0.4) is 0 Å². The number of carboxylic acid groups (broad SMARTS) is 1. The van der Waals surface area contributed by atoms with Gasteiger partial charge in [-0.15, -0.1) is 0 Å². The maximum Gasteiger partial charge on any atom is 0.337 e. The van der Waals surface area contributed by atoms with E-state index in [1.807, 2.05) is 31.2 Å². The van der Waals surface area contributed by atoms with Crippen LogP contribution in [0.15, 0.2) is 47.4 Å². The Labute approximate surface area is 155 Å². The molecule has 0 aliphatic carbocycles. The Morgan fingerprint density at radius 1 is 1.23 bits per heavy atom. The average Bonchev–Trinajstić information content (AvgIpc) is 2.63. The fourth-order valence-electron chi connectivity index (χ4n) is 2.72. The van der Waals surface area contributed by atoms with Crippen molar-refractivity contribution in [3.63, 3.8) is 0 Å². The Morgan fingerprint density at radius 2 is 2.00 bits per heavy atom. The number of fused-ring (bicyclic) bond motifs is 1. The van der Waals surface area contributed by atoms with Crippen LogP contribution in [0.1, 0.15) is 40.5 Å². The van der Waals surface area contributed by atoms with Crippen molar-refractivity contribution in [2.75, 3.05) is 0 Å². The number of benzene rings is 1. The van der Waals surface area contributed by atoms with Crippen LogP contribution in [-0.2, 0) is 6.42 Å². The van der Waals surface area contributed by atoms with Gasteiger partial charge in [0.15, 0.2) is 0 Å². The molecule has 0 atom stereocenters. The zero-order valence-electron chi connectivity index (χ0n) is 14.1. The third-order valence-corrected chi connectivity index (χ3v) is 4.37. The summed E-state index contributed by atoms with van der Waals surface area (Å²) >= 11 is 6.17. The van der Waals surface area contributed by atoms with Gasteiger partial charge >= 0.3 is 5.97 Å². The quantitative estimate of drug-likeness (QED) is 0.733. The molecule has 0 aliphatic rings. The molecule has 0 fully saturated rings. The normalized spacial score (nSPS) is 11.3. The molecule has 0 amide bonds. The molecule has 132 valence electrons. The van der Waals surface area contributed by atoms with Crippen LogP contribution in [-0.4, -0.2) is 20.5 Å². The lowest BCUT2D eigenvalue weighted by molar-refractivity contribution is 0.0696. The average molecular weight is 369 g/mol. The lowest BCUT2D eigenvalue weighted by Crippen LogP contribution is -2.22. The predicted octanol–water partition coefficient (Wildman–Crippen LogP) is 4.17. The van der Waals surface area contributed by atoms with E-state index in [0.29, 0.717) is 28.3 Å². The summed E-state index contributed by atoms with van der Waals surface area (Å²) in [6.45, 7) is 1.98. The van der Waals surface area contributed by atoms with Crippen molar-refractivity contribution in [2.45, 2.75) is 19.8 Å². The standard InChI is InChI=1S/C20H17ClN2O3/c1-2-5-15-17(10-8-13-6-3-4-7-16(13)21)22-18-11-9-14(20(25)26)12-23(18)19(15)24/h3-4,6-12H,2,5H2,1H3,(H,25,26). The molecule has 1 aromatic carbocycles. The van der Waals surface area contributed by atoms with E-state index in [1.54, 1.807) is 12.1 Å². The maximum atomic E-state index is 12.9. The minimum absolute atomic E-state index is 0.0446. The highest BCUT2D eigenvalue weighted by Gasteiger charge is 2.12. The molecule has 3 rings (SSSR count). The van der Waals surface area contributed by atoms with Gasteiger partial charge in [0.1, 0.15) is 5.65 Å². The number of carbonyl (C=O) groups is 1. The number of aromatic carboxylic acids is 1. The summed E-state index contributed by atoms with van der Waals surface area (Å²) in [4.78, 5) is 28.6. The summed E-state index contributed by atoms with van der Waals surface area (Å²) in [5.41, 5.74) is 2.15. The third kappa shape index (κ3) is 3.53. The van der Waals surface area contributed by atoms with Gasteiger partial charge in [0.25, 0.3) is 5.56 Å². The van der Waals surface area contributed by atoms with E-state index in [2.05, 4.69) is 4.98 Å². The molecular formula is C20H17ClN2O3. The van der Waals surface area contributed by atoms with Crippen molar-refractivity contribution in [3.8, 4) is 0 Å². The number of aromatic nitrogens is 2. The Balaban J connectivity index is 2.17. The molecule has 0 saturated carbocycles. The van der Waals surface area contributed by atoms with Gasteiger partial charge < -0.3 is 5.11 Å². The number of hydrogen-bond acceptors (Lipinski definition) is 3. The van der Waals surface area contributed by atoms with Crippen molar-refractivity contribution in [1.29, 1.82) is 0 Å². The molecule has 3 aromatic rings. The van der Waals surface area contributed by atoms with Gasteiger partial charge in [0.2, 0.25) is 0 Å². The Bertz CT molecular complexity index is 1070. The zero-order valence-corrected chi connectivity index (χ0v) is 14.9. The van der Waals surface area contributed by atoms with Crippen LogP contribution >= 0.6 is 11.6 Å². The maximum absolute atomic E-state index is 12.9. The molecule has 5 nitrogen and oxygen atoms in total. The van der Waals surface area contributed by atoms with Gasteiger partial charge in [-0.2, -0.15) is 0 Å². The SMILES string of the molecule is CCCc1c(C=Cc2ccccc2Cl)nc2ccc(C(=O)O)cn2c1=O. The smallest absolute Gasteiger partial charge is 0.337 e. The highest BCUT2D eigenvalue weighted by atomic mass is 35.5. The summed E-state index contributed by atoms with van der Waals surface area (Å²) in [5, 5.41) is 9.75. The van der Waals surface area contributed by atoms with E-state index in [1.165, 1.54) is 22.7 Å². The van der Waals surface area contributed by atoms with E-state index in [9.17, 15) is 9.59 Å². The van der Waals surface area contributed by atoms with Gasteiger partial charge in [0.05, 0.1) is 11.3 Å². The molecule has 1 N–H and O–H groups in total. The van der Waals surface area contributed by atoms with Crippen LogP contribution in [0.4, 0.5) is 0 Å². The molecule has 0 aliphatic heterocycles. The summed E-state index contributed by atoms with van der Waals surface area (Å²) in [6.07, 6.45) is 6.24. The zero-order chi connectivity index (χ0) is 18.7. The van der Waals surface area contributed by atoms with Gasteiger partial charge in [-0.3, -0.25) is 9.20 Å². The second-order valence-corrected chi connectivity index (χ2v) is 6.24. The first-order valence-electron chi connectivity index (χ1n) is 8.22. The largest absolute Gasteiger partial charge is 0.478 e. The van der Waals surface area contributed by atoms with E-state index >= 15 is 0 Å². The number of rotatable bonds is 5. The summed E-state index contributed by atoms with van der Waals surface area (Å²) < 4.78 is 1.29. The van der Waals surface area contributed by atoms with Crippen molar-refractivity contribution in [2.24, 2.45) is 0 Å². The van der Waals surface area contributed by atoms with Crippen molar-refractivity contribution in [1.82, 2.24) is 9.38 Å². The number of nitrogens with zero attached hydrogens (tertiary/aromatic N) is 2. The molecule has 0 spiro atoms. The van der Waals surface area contributed by atoms with Crippen molar-refractivity contribution in [3.05, 3.63) is 80.4 Å². The molecular weight excluding hydrogens is 352 g/mol. The van der Waals surface area contributed by atoms with Gasteiger partial charge in [0, 0.05) is 16.8 Å². The molecule has 2 heterocycles. The number of halogens is 1. The topological polar surface area (TPSA) is 71.7 Å². The van der Waals surface area contributed by atoms with Crippen LogP contribution in [0.25, 0.3) is 17.8 Å². The number of hydrogen-bond donors (Lipinski definition) is 1. The van der Waals surface area contributed by atoms with Gasteiger partial charge in [-0.05, 0) is 36.3 Å². The molecule has 6 heteroatoms. The minimum atomic E-state index is -1.08. The Kier molecular flexibility index (Phi) is 5.19. The highest BCUT2D eigenvalue weighted by Crippen LogP contribution is 2.19. The van der Waals surface area contributed by atoms with E-state index in [-0.39, 0.29) is 11.1 Å². The second-order valence-electron chi connectivity index (χ2n) is 5.84. The second kappa shape index (κ2) is 7.54. The van der Waals surface area contributed by atoms with E-state index < -0.39 is 5.97 Å². The first-order valence-corrected chi connectivity index (χ1v) is 8.60. The lowest BCUT2D eigenvalue weighted by atomic mass is 10.1. The number of carboxylic acids is 1. The lowest BCUT2D eigenvalue weighted by Gasteiger charge is -2.08. The van der Waals surface area contributed by atoms with Crippen molar-refractivity contribution >= 4 is 35.4 Å². The van der Waals surface area contributed by atoms with Crippen LogP contribution in [0.5, 0.6) is 0 Å². The Morgan fingerprint density at radius 3 is 2.69 bits per heavy atom. The van der Waals surface area contributed by atoms with Crippen LogP contribution in [0.2, 0.25) is 5.02 Å². The monoisotopic (exact) mass is 368 g/mol. The van der Waals surface area contributed by atoms with Crippen molar-refractivity contribution < 1.29 is 9.90 Å². The molecule has 0 unspecified atom stereocenters. The summed E-state index contributed by atoms with van der Waals surface area (Å²) in [7, 11) is 0. The Hall–Kier alpha value is -2.92. The van der Waals surface area contributed by atoms with E-state index in [4.69, 9.17) is 16.7 Å². The first kappa shape index (κ1) is 17.9. The molecule has 2 aromatic heterocycles. The molecule has 26 heavy (non-hydrogen) atoms. The third-order valence-electron chi connectivity index (χ3n) is 4.02. The molecule has 0 radical (unpaired) electrons. The molecule has 0 bridgehead atoms. The minimum Gasteiger partial charge on any atom is -0.478 e. The highest BCUT2D eigenvalue weighted by molar-refractivity contribution is 6.32. The first-order chi connectivity index (χ1) is 12.5. The fourth-order valence-corrected chi connectivity index (χ4v) is 2.92. The summed E-state index contributed by atoms with van der Waals surface area (Å²) in [5.74, 6) is -1.08. The molecule has 0 saturated heterocycles. The van der Waals surface area contributed by atoms with Gasteiger partial charge in [-0.1, -0.05) is 49.2 Å². The fraction of sp³-hybridized carbons (Fsp3) is 0.150. The van der Waals surface area contributed by atoms with Gasteiger partial charge in [-0.25, -0.2) is 9.78 Å². The van der Waals surface area contributed by atoms with Crippen LogP contribution in [0, 0.1) is 0 Å². The summed E-state index contributed by atoms with van der Waals surface area (Å²) in [6, 6.07) is 10.4. The number of pyridine rings is 1. The predicted molar refractivity (Wildman–Crippen MR) is 103 cm³/mol. The van der Waals surface area contributed by atoms with E-state index in [0.717, 1.165) is 12.0 Å². The van der Waals surface area contributed by atoms with Crippen LogP contribution < -0.4 is 5.56 Å².